The van der Waals surface area contributed by atoms with Crippen LogP contribution >= 0.6 is 11.8 Å². The minimum Gasteiger partial charge on any atom is -0.392 e. The Morgan fingerprint density at radius 3 is 2.53 bits per heavy atom. The lowest BCUT2D eigenvalue weighted by Crippen LogP contribution is -2.15. The van der Waals surface area contributed by atoms with Crippen LogP contribution in [-0.4, -0.2) is 21.6 Å². The zero-order valence-electron chi connectivity index (χ0n) is 8.77. The Morgan fingerprint density at radius 2 is 2.07 bits per heavy atom. The van der Waals surface area contributed by atoms with E-state index in [0.717, 1.165) is 0 Å². The van der Waals surface area contributed by atoms with E-state index in [1.807, 2.05) is 6.92 Å². The zero-order valence-corrected chi connectivity index (χ0v) is 9.59. The summed E-state index contributed by atoms with van der Waals surface area (Å²) in [6.07, 6.45) is -0.480. The van der Waals surface area contributed by atoms with Crippen LogP contribution in [0.1, 0.15) is 19.4 Å². The summed E-state index contributed by atoms with van der Waals surface area (Å²) in [6, 6.07) is 4.63. The molecule has 0 aliphatic rings. The van der Waals surface area contributed by atoms with Gasteiger partial charge in [-0.05, 0) is 24.6 Å². The fourth-order valence-electron chi connectivity index (χ4n) is 1.04. The summed E-state index contributed by atoms with van der Waals surface area (Å²) in [5, 5.41) is 18.0. The SMILES string of the molecule is CC(O)C(C)Sc1ccc(CO)cc1F. The predicted molar refractivity (Wildman–Crippen MR) is 59.3 cm³/mol. The molecular weight excluding hydrogens is 215 g/mol. The summed E-state index contributed by atoms with van der Waals surface area (Å²) in [7, 11) is 0. The number of thioether (sulfide) groups is 1. The third kappa shape index (κ3) is 3.48. The maximum atomic E-state index is 13.4. The van der Waals surface area contributed by atoms with Crippen LogP contribution in [0, 0.1) is 5.82 Å². The molecule has 0 fully saturated rings. The van der Waals surface area contributed by atoms with Crippen LogP contribution < -0.4 is 0 Å². The van der Waals surface area contributed by atoms with E-state index in [1.54, 1.807) is 19.1 Å². The Hall–Kier alpha value is -0.580. The average Bonchev–Trinajstić information content (AvgIpc) is 2.20. The summed E-state index contributed by atoms with van der Waals surface area (Å²) in [5.74, 6) is -0.348. The molecular formula is C11H15FO2S. The number of rotatable bonds is 4. The maximum absolute atomic E-state index is 13.4. The fraction of sp³-hybridized carbons (Fsp3) is 0.455. The molecule has 0 saturated heterocycles. The quantitative estimate of drug-likeness (QED) is 0.779. The van der Waals surface area contributed by atoms with Crippen molar-refractivity contribution in [2.45, 2.75) is 36.7 Å². The largest absolute Gasteiger partial charge is 0.392 e. The number of hydrogen-bond donors (Lipinski definition) is 2. The van der Waals surface area contributed by atoms with Crippen molar-refractivity contribution in [3.05, 3.63) is 29.6 Å². The predicted octanol–water partition coefficient (Wildman–Crippen LogP) is 2.18. The van der Waals surface area contributed by atoms with Gasteiger partial charge in [-0.3, -0.25) is 0 Å². The summed E-state index contributed by atoms with van der Waals surface area (Å²) in [4.78, 5) is 0.501. The van der Waals surface area contributed by atoms with Crippen molar-refractivity contribution < 1.29 is 14.6 Å². The van der Waals surface area contributed by atoms with Crippen LogP contribution in [0.15, 0.2) is 23.1 Å². The molecule has 1 aromatic rings. The molecule has 2 nitrogen and oxygen atoms in total. The highest BCUT2D eigenvalue weighted by Crippen LogP contribution is 2.28. The van der Waals surface area contributed by atoms with Gasteiger partial charge in [0.25, 0.3) is 0 Å². The highest BCUT2D eigenvalue weighted by Gasteiger charge is 2.13. The molecule has 0 saturated carbocycles. The first-order valence-corrected chi connectivity index (χ1v) is 5.66. The van der Waals surface area contributed by atoms with Gasteiger partial charge in [-0.15, -0.1) is 11.8 Å². The van der Waals surface area contributed by atoms with E-state index < -0.39 is 6.10 Å². The summed E-state index contributed by atoms with van der Waals surface area (Å²) in [5.41, 5.74) is 0.557. The first-order chi connectivity index (χ1) is 7.04. The van der Waals surface area contributed by atoms with Gasteiger partial charge in [-0.2, -0.15) is 0 Å². The highest BCUT2D eigenvalue weighted by atomic mass is 32.2. The third-order valence-electron chi connectivity index (χ3n) is 2.17. The monoisotopic (exact) mass is 230 g/mol. The maximum Gasteiger partial charge on any atom is 0.137 e. The van der Waals surface area contributed by atoms with Crippen molar-refractivity contribution in [3.8, 4) is 0 Å². The van der Waals surface area contributed by atoms with Crippen LogP contribution in [0.3, 0.4) is 0 Å². The van der Waals surface area contributed by atoms with E-state index >= 15 is 0 Å². The van der Waals surface area contributed by atoms with Crippen LogP contribution in [0.4, 0.5) is 4.39 Å². The standard InChI is InChI=1S/C11H15FO2S/c1-7(14)8(2)15-11-4-3-9(6-13)5-10(11)12/h3-5,7-8,13-14H,6H2,1-2H3. The molecule has 84 valence electrons. The van der Waals surface area contributed by atoms with Gasteiger partial charge in [0.2, 0.25) is 0 Å². The Kier molecular flexibility index (Phi) is 4.57. The molecule has 4 heteroatoms. The lowest BCUT2D eigenvalue weighted by atomic mass is 10.2. The van der Waals surface area contributed by atoms with Gasteiger partial charge < -0.3 is 10.2 Å². The molecule has 2 atom stereocenters. The normalized spacial score (nSPS) is 15.0. The molecule has 0 aliphatic heterocycles. The molecule has 0 radical (unpaired) electrons. The number of benzene rings is 1. The van der Waals surface area contributed by atoms with Gasteiger partial charge in [-0.1, -0.05) is 13.0 Å². The Bertz CT molecular complexity index is 328. The van der Waals surface area contributed by atoms with Crippen molar-refractivity contribution in [3.63, 3.8) is 0 Å². The van der Waals surface area contributed by atoms with Crippen LogP contribution in [0.25, 0.3) is 0 Å². The van der Waals surface area contributed by atoms with Crippen molar-refractivity contribution in [2.75, 3.05) is 0 Å². The number of hydrogen-bond acceptors (Lipinski definition) is 3. The molecule has 0 heterocycles. The number of aliphatic hydroxyl groups is 2. The van der Waals surface area contributed by atoms with E-state index in [2.05, 4.69) is 0 Å². The van der Waals surface area contributed by atoms with E-state index in [9.17, 15) is 9.50 Å². The van der Waals surface area contributed by atoms with Crippen LogP contribution in [0.5, 0.6) is 0 Å². The fourth-order valence-corrected chi connectivity index (χ4v) is 1.95. The Morgan fingerprint density at radius 1 is 1.40 bits per heavy atom. The number of halogens is 1. The molecule has 1 rings (SSSR count). The summed E-state index contributed by atoms with van der Waals surface area (Å²) in [6.45, 7) is 3.36. The highest BCUT2D eigenvalue weighted by molar-refractivity contribution is 8.00. The number of aliphatic hydroxyl groups excluding tert-OH is 2. The minimum atomic E-state index is -0.480. The molecule has 0 amide bonds. The van der Waals surface area contributed by atoms with Gasteiger partial charge in [-0.25, -0.2) is 4.39 Å². The van der Waals surface area contributed by atoms with Gasteiger partial charge >= 0.3 is 0 Å². The molecule has 2 unspecified atom stereocenters. The first-order valence-electron chi connectivity index (χ1n) is 4.78. The van der Waals surface area contributed by atoms with Crippen molar-refractivity contribution in [1.82, 2.24) is 0 Å². The average molecular weight is 230 g/mol. The topological polar surface area (TPSA) is 40.5 Å². The Labute approximate surface area is 93.1 Å². The van der Waals surface area contributed by atoms with Crippen LogP contribution in [-0.2, 0) is 6.61 Å². The second kappa shape index (κ2) is 5.49. The molecule has 0 aliphatic carbocycles. The second-order valence-electron chi connectivity index (χ2n) is 3.49. The van der Waals surface area contributed by atoms with Crippen LogP contribution in [0.2, 0.25) is 0 Å². The Balaban J connectivity index is 2.78. The molecule has 1 aromatic carbocycles. The second-order valence-corrected chi connectivity index (χ2v) is 4.91. The van der Waals surface area contributed by atoms with E-state index in [1.165, 1.54) is 17.8 Å². The van der Waals surface area contributed by atoms with Gasteiger partial charge in [0.05, 0.1) is 12.7 Å². The van der Waals surface area contributed by atoms with Crippen molar-refractivity contribution in [1.29, 1.82) is 0 Å². The lowest BCUT2D eigenvalue weighted by molar-refractivity contribution is 0.196. The minimum absolute atomic E-state index is 0.0560. The van der Waals surface area contributed by atoms with Crippen molar-refractivity contribution >= 4 is 11.8 Å². The summed E-state index contributed by atoms with van der Waals surface area (Å²) >= 11 is 1.29. The van der Waals surface area contributed by atoms with Gasteiger partial charge in [0.15, 0.2) is 0 Å². The molecule has 0 bridgehead atoms. The molecule has 0 spiro atoms. The molecule has 0 aromatic heterocycles. The zero-order chi connectivity index (χ0) is 11.4. The van der Waals surface area contributed by atoms with E-state index in [0.29, 0.717) is 10.5 Å². The lowest BCUT2D eigenvalue weighted by Gasteiger charge is -2.14. The van der Waals surface area contributed by atoms with Gasteiger partial charge in [0, 0.05) is 10.1 Å². The molecule has 15 heavy (non-hydrogen) atoms. The van der Waals surface area contributed by atoms with Gasteiger partial charge in [0.1, 0.15) is 5.82 Å². The first kappa shape index (κ1) is 12.5. The van der Waals surface area contributed by atoms with E-state index in [4.69, 9.17) is 5.11 Å². The van der Waals surface area contributed by atoms with Crippen molar-refractivity contribution in [2.24, 2.45) is 0 Å². The molecule has 2 N–H and O–H groups in total. The smallest absolute Gasteiger partial charge is 0.137 e. The summed E-state index contributed by atoms with van der Waals surface area (Å²) < 4.78 is 13.4. The third-order valence-corrected chi connectivity index (χ3v) is 3.52. The van der Waals surface area contributed by atoms with E-state index in [-0.39, 0.29) is 17.7 Å².